The summed E-state index contributed by atoms with van der Waals surface area (Å²) >= 11 is 6.15. The highest BCUT2D eigenvalue weighted by molar-refractivity contribution is 6.33. The summed E-state index contributed by atoms with van der Waals surface area (Å²) in [4.78, 5) is 42.4. The second kappa shape index (κ2) is 10.8. The van der Waals surface area contributed by atoms with Crippen LogP contribution in [-0.4, -0.2) is 27.3 Å². The molecule has 1 heterocycles. The summed E-state index contributed by atoms with van der Waals surface area (Å²) in [6.07, 6.45) is -0.0937. The number of fused-ring (bicyclic) bond motifs is 1. The van der Waals surface area contributed by atoms with E-state index in [0.29, 0.717) is 16.4 Å². The summed E-state index contributed by atoms with van der Waals surface area (Å²) in [5.41, 5.74) is 7.62. The molecular weight excluding hydrogens is 466 g/mol. The maximum Gasteiger partial charge on any atom is 0.253 e. The quantitative estimate of drug-likeness (QED) is 0.346. The molecule has 1 unspecified atom stereocenters. The highest BCUT2D eigenvalue weighted by Gasteiger charge is 2.21. The molecule has 0 bridgehead atoms. The monoisotopic (exact) mass is 489 g/mol. The van der Waals surface area contributed by atoms with Crippen LogP contribution in [0.1, 0.15) is 34.2 Å². The molecule has 0 aliphatic carbocycles. The molecule has 0 saturated heterocycles. The van der Waals surface area contributed by atoms with Gasteiger partial charge in [0.1, 0.15) is 5.82 Å². The highest BCUT2D eigenvalue weighted by atomic mass is 35.5. The van der Waals surface area contributed by atoms with Gasteiger partial charge >= 0.3 is 0 Å². The molecule has 0 aliphatic rings. The van der Waals surface area contributed by atoms with E-state index in [-0.39, 0.29) is 12.8 Å². The predicted molar refractivity (Wildman–Crippen MR) is 133 cm³/mol. The second-order valence-electron chi connectivity index (χ2n) is 7.97. The van der Waals surface area contributed by atoms with Crippen molar-refractivity contribution in [2.45, 2.75) is 18.9 Å². The average Bonchev–Trinajstić information content (AvgIpc) is 3.18. The van der Waals surface area contributed by atoms with E-state index in [1.807, 2.05) is 66.2 Å². The van der Waals surface area contributed by atoms with E-state index < -0.39 is 23.8 Å². The molecule has 4 rings (SSSR count). The van der Waals surface area contributed by atoms with Gasteiger partial charge in [-0.2, -0.15) is 0 Å². The number of aryl methyl sites for hydroxylation is 1. The normalized spacial score (nSPS) is 11.6. The summed E-state index contributed by atoms with van der Waals surface area (Å²) < 4.78 is 1.84. The molecule has 4 aromatic rings. The number of nitrogens with zero attached hydrogens (tertiary/aromatic N) is 2. The zero-order valence-electron chi connectivity index (χ0n) is 19.0. The SMILES string of the molecule is Cn1c(CC(=O)NNC(=O)CC(NC(=O)c2ccccc2Cl)c2ccccc2)nc2ccccc21. The third kappa shape index (κ3) is 5.85. The van der Waals surface area contributed by atoms with Crippen LogP contribution >= 0.6 is 11.6 Å². The lowest BCUT2D eigenvalue weighted by Crippen LogP contribution is -2.44. The van der Waals surface area contributed by atoms with Gasteiger partial charge in [0.2, 0.25) is 11.8 Å². The Balaban J connectivity index is 1.38. The van der Waals surface area contributed by atoms with Crippen molar-refractivity contribution >= 4 is 40.4 Å². The van der Waals surface area contributed by atoms with E-state index in [4.69, 9.17) is 11.6 Å². The number of hydrogen-bond donors (Lipinski definition) is 3. The third-order valence-electron chi connectivity index (χ3n) is 5.56. The Morgan fingerprint density at radius 1 is 0.886 bits per heavy atom. The number of carbonyl (C=O) groups excluding carboxylic acids is 3. The van der Waals surface area contributed by atoms with Gasteiger partial charge in [-0.05, 0) is 29.8 Å². The number of nitrogens with one attached hydrogen (secondary N) is 3. The van der Waals surface area contributed by atoms with Crippen molar-refractivity contribution in [1.82, 2.24) is 25.7 Å². The third-order valence-corrected chi connectivity index (χ3v) is 5.88. The molecule has 3 N–H and O–H groups in total. The first-order valence-electron chi connectivity index (χ1n) is 11.0. The van der Waals surface area contributed by atoms with Gasteiger partial charge in [-0.15, -0.1) is 0 Å². The standard InChI is InChI=1S/C26H24ClN5O3/c1-32-22-14-8-7-13-20(22)28-23(32)16-25(34)31-30-24(33)15-21(17-9-3-2-4-10-17)29-26(35)18-11-5-6-12-19(18)27/h2-14,21H,15-16H2,1H3,(H,29,35)(H,30,33)(H,31,34). The average molecular weight is 490 g/mol. The molecule has 3 amide bonds. The fourth-order valence-electron chi connectivity index (χ4n) is 3.74. The predicted octanol–water partition coefficient (Wildman–Crippen LogP) is 3.48. The van der Waals surface area contributed by atoms with Crippen LogP contribution in [0.25, 0.3) is 11.0 Å². The zero-order chi connectivity index (χ0) is 24.8. The number of benzene rings is 3. The molecule has 3 aromatic carbocycles. The Morgan fingerprint density at radius 2 is 1.54 bits per heavy atom. The number of amides is 3. The molecule has 0 radical (unpaired) electrons. The van der Waals surface area contributed by atoms with Gasteiger partial charge in [0.15, 0.2) is 0 Å². The van der Waals surface area contributed by atoms with Crippen molar-refractivity contribution in [2.75, 3.05) is 0 Å². The number of aromatic nitrogens is 2. The van der Waals surface area contributed by atoms with Crippen LogP contribution in [0.3, 0.4) is 0 Å². The molecule has 0 spiro atoms. The molecule has 8 nitrogen and oxygen atoms in total. The van der Waals surface area contributed by atoms with Crippen LogP contribution in [0.15, 0.2) is 78.9 Å². The molecule has 35 heavy (non-hydrogen) atoms. The minimum absolute atomic E-state index is 0.00316. The zero-order valence-corrected chi connectivity index (χ0v) is 19.8. The van der Waals surface area contributed by atoms with Gasteiger partial charge < -0.3 is 9.88 Å². The first-order valence-corrected chi connectivity index (χ1v) is 11.4. The summed E-state index contributed by atoms with van der Waals surface area (Å²) in [5.74, 6) is -0.694. The molecule has 1 aromatic heterocycles. The topological polar surface area (TPSA) is 105 Å². The highest BCUT2D eigenvalue weighted by Crippen LogP contribution is 2.20. The second-order valence-corrected chi connectivity index (χ2v) is 8.38. The Hall–Kier alpha value is -4.17. The maximum absolute atomic E-state index is 12.8. The molecule has 9 heteroatoms. The minimum atomic E-state index is -0.628. The van der Waals surface area contributed by atoms with Gasteiger partial charge in [0, 0.05) is 7.05 Å². The Kier molecular flexibility index (Phi) is 7.42. The number of carbonyl (C=O) groups is 3. The van der Waals surface area contributed by atoms with Gasteiger partial charge in [0.25, 0.3) is 5.91 Å². The lowest BCUT2D eigenvalue weighted by Gasteiger charge is -2.19. The number of rotatable bonds is 7. The maximum atomic E-state index is 12.8. The van der Waals surface area contributed by atoms with Crippen LogP contribution in [-0.2, 0) is 23.1 Å². The van der Waals surface area contributed by atoms with E-state index in [1.54, 1.807) is 24.3 Å². The van der Waals surface area contributed by atoms with Crippen LogP contribution in [0.4, 0.5) is 0 Å². The van der Waals surface area contributed by atoms with Gasteiger partial charge in [0.05, 0.1) is 40.5 Å². The number of hydrogen-bond acceptors (Lipinski definition) is 4. The van der Waals surface area contributed by atoms with Crippen LogP contribution in [0.2, 0.25) is 5.02 Å². The lowest BCUT2D eigenvalue weighted by molar-refractivity contribution is -0.128. The first kappa shape index (κ1) is 24.0. The van der Waals surface area contributed by atoms with E-state index >= 15 is 0 Å². The van der Waals surface area contributed by atoms with E-state index in [2.05, 4.69) is 21.2 Å². The number of hydrazine groups is 1. The van der Waals surface area contributed by atoms with Gasteiger partial charge in [-0.25, -0.2) is 4.98 Å². The molecule has 0 saturated carbocycles. The Bertz CT molecular complexity index is 1370. The van der Waals surface area contributed by atoms with Crippen LogP contribution in [0, 0.1) is 0 Å². The van der Waals surface area contributed by atoms with Crippen LogP contribution < -0.4 is 16.2 Å². The van der Waals surface area contributed by atoms with E-state index in [9.17, 15) is 14.4 Å². The van der Waals surface area contributed by atoms with Gasteiger partial charge in [-0.1, -0.05) is 66.2 Å². The number of imidazole rings is 1. The van der Waals surface area contributed by atoms with Crippen molar-refractivity contribution < 1.29 is 14.4 Å². The summed E-state index contributed by atoms with van der Waals surface area (Å²) in [6.45, 7) is 0. The molecular formula is C26H24ClN5O3. The summed E-state index contributed by atoms with van der Waals surface area (Å²) in [6, 6.07) is 22.8. The van der Waals surface area contributed by atoms with E-state index in [1.165, 1.54) is 0 Å². The van der Waals surface area contributed by atoms with Gasteiger partial charge in [-0.3, -0.25) is 25.2 Å². The van der Waals surface area contributed by atoms with Crippen LogP contribution in [0.5, 0.6) is 0 Å². The minimum Gasteiger partial charge on any atom is -0.345 e. The van der Waals surface area contributed by atoms with E-state index in [0.717, 1.165) is 16.6 Å². The van der Waals surface area contributed by atoms with Crippen molar-refractivity contribution in [3.05, 3.63) is 101 Å². The fourth-order valence-corrected chi connectivity index (χ4v) is 3.96. The van der Waals surface area contributed by atoms with Crippen molar-refractivity contribution in [2.24, 2.45) is 7.05 Å². The summed E-state index contributed by atoms with van der Waals surface area (Å²) in [5, 5.41) is 3.18. The largest absolute Gasteiger partial charge is 0.345 e. The number of para-hydroxylation sites is 2. The number of halogens is 1. The molecule has 0 aliphatic heterocycles. The molecule has 0 fully saturated rings. The lowest BCUT2D eigenvalue weighted by atomic mass is 10.0. The first-order chi connectivity index (χ1) is 16.9. The van der Waals surface area contributed by atoms with Crippen molar-refractivity contribution in [3.63, 3.8) is 0 Å². The fraction of sp³-hybridized carbons (Fsp3) is 0.154. The van der Waals surface area contributed by atoms with Crippen molar-refractivity contribution in [3.8, 4) is 0 Å². The molecule has 178 valence electrons. The Labute approximate surface area is 207 Å². The summed E-state index contributed by atoms with van der Waals surface area (Å²) in [7, 11) is 1.84. The Morgan fingerprint density at radius 3 is 2.29 bits per heavy atom. The van der Waals surface area contributed by atoms with Crippen molar-refractivity contribution in [1.29, 1.82) is 0 Å². The molecule has 1 atom stereocenters. The smallest absolute Gasteiger partial charge is 0.253 e.